The molecule has 1 atom stereocenters. The Morgan fingerprint density at radius 1 is 1.09 bits per heavy atom. The van der Waals surface area contributed by atoms with E-state index >= 15 is 0 Å². The number of aromatic nitrogens is 1. The van der Waals surface area contributed by atoms with Gasteiger partial charge in [-0.25, -0.2) is 9.18 Å². The predicted molar refractivity (Wildman–Crippen MR) is 132 cm³/mol. The first-order valence-corrected chi connectivity index (χ1v) is 11.7. The van der Waals surface area contributed by atoms with Crippen LogP contribution in [0.4, 0.5) is 10.1 Å². The lowest BCUT2D eigenvalue weighted by Crippen LogP contribution is -2.27. The number of aryl methyl sites for hydroxylation is 1. The third kappa shape index (κ3) is 5.04. The molecular formula is C26H22FN3O4S. The van der Waals surface area contributed by atoms with Crippen molar-refractivity contribution in [2.45, 2.75) is 26.3 Å². The fraction of sp³-hybridized carbons (Fsp3) is 0.154. The summed E-state index contributed by atoms with van der Waals surface area (Å²) in [6, 6.07) is 16.6. The topological polar surface area (TPSA) is 101 Å². The van der Waals surface area contributed by atoms with Crippen LogP contribution in [-0.4, -0.2) is 27.5 Å². The highest BCUT2D eigenvalue weighted by Gasteiger charge is 2.22. The third-order valence-corrected chi connectivity index (χ3v) is 6.50. The van der Waals surface area contributed by atoms with Crippen LogP contribution >= 0.6 is 11.3 Å². The average molecular weight is 492 g/mol. The average Bonchev–Trinajstić information content (AvgIpc) is 3.16. The highest BCUT2D eigenvalue weighted by molar-refractivity contribution is 7.16. The molecule has 0 aliphatic heterocycles. The molecule has 0 saturated heterocycles. The molecule has 4 rings (SSSR count). The number of nitrogens with zero attached hydrogens (tertiary/aromatic N) is 2. The second kappa shape index (κ2) is 10.0. The number of halogens is 1. The summed E-state index contributed by atoms with van der Waals surface area (Å²) in [5.74, 6) is -2.78. The second-order valence-electron chi connectivity index (χ2n) is 7.92. The smallest absolute Gasteiger partial charge is 0.326 e. The van der Waals surface area contributed by atoms with Gasteiger partial charge in [-0.2, -0.15) is 4.99 Å². The summed E-state index contributed by atoms with van der Waals surface area (Å²) in [5.41, 5.74) is 2.26. The summed E-state index contributed by atoms with van der Waals surface area (Å²) in [7, 11) is 0. The maximum atomic E-state index is 14.0. The van der Waals surface area contributed by atoms with Gasteiger partial charge in [0.15, 0.2) is 4.80 Å². The largest absolute Gasteiger partial charge is 0.480 e. The Bertz CT molecular complexity index is 1510. The quantitative estimate of drug-likeness (QED) is 0.388. The van der Waals surface area contributed by atoms with Crippen molar-refractivity contribution >= 4 is 45.0 Å². The van der Waals surface area contributed by atoms with Crippen molar-refractivity contribution in [2.24, 2.45) is 4.99 Å². The monoisotopic (exact) mass is 491 g/mol. The van der Waals surface area contributed by atoms with Gasteiger partial charge in [0.2, 0.25) is 0 Å². The van der Waals surface area contributed by atoms with Crippen LogP contribution in [0, 0.1) is 12.7 Å². The molecule has 3 aromatic carbocycles. The van der Waals surface area contributed by atoms with Gasteiger partial charge in [0.25, 0.3) is 11.8 Å². The van der Waals surface area contributed by atoms with E-state index in [9.17, 15) is 23.9 Å². The van der Waals surface area contributed by atoms with Crippen LogP contribution in [-0.2, 0) is 4.79 Å². The Morgan fingerprint density at radius 2 is 1.80 bits per heavy atom. The molecule has 1 unspecified atom stereocenters. The summed E-state index contributed by atoms with van der Waals surface area (Å²) in [4.78, 5) is 41.8. The van der Waals surface area contributed by atoms with Gasteiger partial charge in [-0.05, 0) is 55.8 Å². The Hall–Kier alpha value is -4.11. The minimum absolute atomic E-state index is 0.0925. The Labute approximate surface area is 204 Å². The number of benzene rings is 3. The van der Waals surface area contributed by atoms with E-state index in [2.05, 4.69) is 10.3 Å². The molecule has 178 valence electrons. The van der Waals surface area contributed by atoms with Crippen LogP contribution in [0.3, 0.4) is 0 Å². The molecule has 1 aromatic heterocycles. The molecule has 0 radical (unpaired) electrons. The minimum Gasteiger partial charge on any atom is -0.480 e. The van der Waals surface area contributed by atoms with E-state index in [-0.39, 0.29) is 16.8 Å². The summed E-state index contributed by atoms with van der Waals surface area (Å²) in [6.07, 6.45) is 0.277. The van der Waals surface area contributed by atoms with Crippen LogP contribution in [0.15, 0.2) is 71.7 Å². The van der Waals surface area contributed by atoms with Crippen molar-refractivity contribution in [3.05, 3.63) is 94.0 Å². The van der Waals surface area contributed by atoms with Crippen LogP contribution in [0.1, 0.15) is 45.7 Å². The first-order chi connectivity index (χ1) is 16.8. The van der Waals surface area contributed by atoms with Crippen molar-refractivity contribution in [3.63, 3.8) is 0 Å². The zero-order valence-corrected chi connectivity index (χ0v) is 19.8. The Morgan fingerprint density at radius 3 is 2.46 bits per heavy atom. The maximum absolute atomic E-state index is 14.0. The zero-order chi connectivity index (χ0) is 25.1. The number of anilines is 1. The van der Waals surface area contributed by atoms with Crippen LogP contribution in [0.5, 0.6) is 0 Å². The predicted octanol–water partition coefficient (Wildman–Crippen LogP) is 5.18. The molecule has 0 spiro atoms. The Kier molecular flexibility index (Phi) is 6.88. The molecule has 0 aliphatic rings. The number of aliphatic carboxylic acids is 1. The van der Waals surface area contributed by atoms with Crippen molar-refractivity contribution in [1.29, 1.82) is 0 Å². The summed E-state index contributed by atoms with van der Waals surface area (Å²) >= 11 is 1.14. The number of carboxylic acids is 1. The lowest BCUT2D eigenvalue weighted by Gasteiger charge is -2.13. The molecule has 0 saturated carbocycles. The molecule has 0 fully saturated rings. The molecule has 7 nitrogen and oxygen atoms in total. The molecule has 35 heavy (non-hydrogen) atoms. The van der Waals surface area contributed by atoms with Crippen molar-refractivity contribution < 1.29 is 23.9 Å². The SMILES string of the molecule is CCC(C(=O)O)n1c(=NC(=O)c2ccc(C)cc2)sc2cc(NC(=O)c3ccccc3F)ccc21. The molecule has 0 aliphatic carbocycles. The van der Waals surface area contributed by atoms with Gasteiger partial charge in [0.1, 0.15) is 11.9 Å². The standard InChI is InChI=1S/C26H22FN3O4S/c1-3-20(25(33)34)30-21-13-12-17(28-24(32)18-6-4-5-7-19(18)27)14-22(21)35-26(30)29-23(31)16-10-8-15(2)9-11-16/h4-14,20H,3H2,1-2H3,(H,28,32)(H,33,34). The number of nitrogens with one attached hydrogen (secondary N) is 1. The lowest BCUT2D eigenvalue weighted by atomic mass is 10.1. The number of hydrogen-bond acceptors (Lipinski definition) is 4. The van der Waals surface area contributed by atoms with E-state index in [1.165, 1.54) is 22.8 Å². The molecule has 2 N–H and O–H groups in total. The van der Waals surface area contributed by atoms with E-state index in [1.54, 1.807) is 55.5 Å². The fourth-order valence-corrected chi connectivity index (χ4v) is 4.77. The van der Waals surface area contributed by atoms with E-state index in [4.69, 9.17) is 0 Å². The number of amides is 2. The molecule has 0 bridgehead atoms. The summed E-state index contributed by atoms with van der Waals surface area (Å²) < 4.78 is 16.1. The van der Waals surface area contributed by atoms with Gasteiger partial charge < -0.3 is 15.0 Å². The molecule has 2 amide bonds. The normalized spacial score (nSPS) is 12.5. The van der Waals surface area contributed by atoms with Gasteiger partial charge in [-0.15, -0.1) is 0 Å². The molecule has 9 heteroatoms. The number of thiazole rings is 1. The van der Waals surface area contributed by atoms with Crippen LogP contribution < -0.4 is 10.1 Å². The van der Waals surface area contributed by atoms with Crippen LogP contribution in [0.2, 0.25) is 0 Å². The summed E-state index contributed by atoms with van der Waals surface area (Å²) in [5, 5.41) is 12.5. The van der Waals surface area contributed by atoms with E-state index < -0.39 is 29.6 Å². The number of carbonyl (C=O) groups is 3. The Balaban J connectivity index is 1.79. The highest BCUT2D eigenvalue weighted by atomic mass is 32.1. The first kappa shape index (κ1) is 24.0. The zero-order valence-electron chi connectivity index (χ0n) is 19.0. The number of carboxylic acid groups (broad SMARTS) is 1. The number of hydrogen-bond donors (Lipinski definition) is 2. The van der Waals surface area contributed by atoms with E-state index in [0.29, 0.717) is 21.5 Å². The van der Waals surface area contributed by atoms with E-state index in [1.807, 2.05) is 6.92 Å². The van der Waals surface area contributed by atoms with Crippen molar-refractivity contribution in [2.75, 3.05) is 5.32 Å². The van der Waals surface area contributed by atoms with Crippen LogP contribution in [0.25, 0.3) is 10.2 Å². The molecule has 4 aromatic rings. The minimum atomic E-state index is -1.05. The van der Waals surface area contributed by atoms with Crippen molar-refractivity contribution in [1.82, 2.24) is 4.57 Å². The van der Waals surface area contributed by atoms with E-state index in [0.717, 1.165) is 16.9 Å². The summed E-state index contributed by atoms with van der Waals surface area (Å²) in [6.45, 7) is 3.65. The van der Waals surface area contributed by atoms with Gasteiger partial charge in [-0.1, -0.05) is 48.1 Å². The second-order valence-corrected chi connectivity index (χ2v) is 8.93. The number of fused-ring (bicyclic) bond motifs is 1. The van der Waals surface area contributed by atoms with Gasteiger partial charge >= 0.3 is 5.97 Å². The van der Waals surface area contributed by atoms with Gasteiger partial charge in [0.05, 0.1) is 15.8 Å². The number of carbonyl (C=O) groups excluding carboxylic acids is 2. The lowest BCUT2D eigenvalue weighted by molar-refractivity contribution is -0.140. The van der Waals surface area contributed by atoms with Gasteiger partial charge in [-0.3, -0.25) is 9.59 Å². The maximum Gasteiger partial charge on any atom is 0.326 e. The molecule has 1 heterocycles. The van der Waals surface area contributed by atoms with Crippen molar-refractivity contribution in [3.8, 4) is 0 Å². The van der Waals surface area contributed by atoms with Gasteiger partial charge in [0, 0.05) is 11.3 Å². The first-order valence-electron chi connectivity index (χ1n) is 10.9. The highest BCUT2D eigenvalue weighted by Crippen LogP contribution is 2.26. The fourth-order valence-electron chi connectivity index (χ4n) is 3.66. The number of rotatable bonds is 6. The third-order valence-electron chi connectivity index (χ3n) is 5.48. The molecular weight excluding hydrogens is 469 g/mol.